The number of rotatable bonds is 25. The number of hydrogen-bond acceptors (Lipinski definition) is 19. The SMILES string of the molecule is CCn1c(NC(=O)c2cccc([N+](=O)[O-])c2)c(C#N)c2ccc([N+](=O)[O-])cc21.CCn1cc(-c2ccccc2)c2cc([N+](=O)[O-])ccc21.CCn1cc(C(=O)C(C)C)c2ccc(OC)cc21.CCn1cc(C(=O)c2cccc(OC)c2)c2cc(OC)ccc21.CCn1cc(C(=O)c2cccc(OC)c2)c2ccc(OC)cc21.COc1ccc(-c2c[nH]c3ccc([N+](=O)[O-])cc23)cc1. The number of ketones is 3. The number of aryl methyl sites for hydroxylation is 5. The number of carbonyl (C=O) groups is 4. The van der Waals surface area contributed by atoms with E-state index in [-0.39, 0.29) is 72.8 Å². The highest BCUT2D eigenvalue weighted by molar-refractivity contribution is 6.18. The Labute approximate surface area is 758 Å². The van der Waals surface area contributed by atoms with Crippen LogP contribution in [0.5, 0.6) is 34.5 Å². The van der Waals surface area contributed by atoms with Crippen LogP contribution in [0.4, 0.5) is 28.6 Å². The lowest BCUT2D eigenvalue weighted by Crippen LogP contribution is -2.16. The standard InChI is InChI=1S/2C19H19NO3.C18H13N5O5.C16H14N2O2.C15H12N2O3.C15H19NO2/c1-4-20-12-17(16-11-15(23-3)8-9-18(16)20)19(21)13-6-5-7-14(10-13)22-2;1-4-20-12-17(16-9-8-15(23-3)11-18(16)20)19(21)13-6-5-7-14(10-13)22-2;1-2-21-16-9-13(23(27)28)6-7-14(16)15(10-19)17(21)20-18(24)11-4-3-5-12(8-11)22(25)26;1-2-17-11-15(12-6-4-3-5-7-12)14-10-13(18(19)20)8-9-16(14)17;1-20-12-5-2-10(3-6-12)14-9-16-15-7-4-11(17(18)19)8-13(14)15;1-5-16-9-13(15(17)10(2)3)12-7-6-11(18-4)8-14(12)16/h2*5-12H,4H2,1-3H3;3-9H,2H2,1H3,(H,20,24);3-11H,2H2,1H3;2-9,16H,1H3;6-10H,5H2,1-4H3. The average Bonchev–Trinajstić information content (AvgIpc) is 1.64. The van der Waals surface area contributed by atoms with Gasteiger partial charge in [-0.1, -0.05) is 86.6 Å². The number of non-ortho nitro benzene ring substituents is 4. The number of nitriles is 1. The van der Waals surface area contributed by atoms with Crippen molar-refractivity contribution >= 4 is 117 Å². The Morgan fingerprint density at radius 1 is 0.379 bits per heavy atom. The summed E-state index contributed by atoms with van der Waals surface area (Å²) in [5.74, 6) is 4.20. The highest BCUT2D eigenvalue weighted by Gasteiger charge is 2.26. The largest absolute Gasteiger partial charge is 0.497 e. The van der Waals surface area contributed by atoms with Gasteiger partial charge in [0.1, 0.15) is 51.9 Å². The van der Waals surface area contributed by atoms with Crippen molar-refractivity contribution in [2.45, 2.75) is 81.2 Å². The number of nitrogens with one attached hydrogen (secondary N) is 2. The number of fused-ring (bicyclic) bond motifs is 6. The van der Waals surface area contributed by atoms with Crippen molar-refractivity contribution in [1.29, 1.82) is 5.26 Å². The molecule has 0 saturated carbocycles. The van der Waals surface area contributed by atoms with Crippen molar-refractivity contribution in [1.82, 2.24) is 27.8 Å². The van der Waals surface area contributed by atoms with Gasteiger partial charge < -0.3 is 61.6 Å². The zero-order valence-corrected chi connectivity index (χ0v) is 74.8. The summed E-state index contributed by atoms with van der Waals surface area (Å²) in [7, 11) is 9.73. The van der Waals surface area contributed by atoms with E-state index in [1.807, 2.05) is 190 Å². The molecule has 17 aromatic rings. The van der Waals surface area contributed by atoms with E-state index < -0.39 is 15.8 Å². The molecular formula is C102H96N12O18. The van der Waals surface area contributed by atoms with Crippen LogP contribution in [0.3, 0.4) is 0 Å². The molecule has 30 heteroatoms. The molecule has 0 unspecified atom stereocenters. The first kappa shape index (κ1) is 94.2. The van der Waals surface area contributed by atoms with Crippen molar-refractivity contribution in [3.05, 3.63) is 347 Å². The van der Waals surface area contributed by atoms with Gasteiger partial charge in [-0.05, 0) is 149 Å². The number of aromatic nitrogens is 6. The van der Waals surface area contributed by atoms with Gasteiger partial charge in [0.05, 0.1) is 78.9 Å². The third-order valence-corrected chi connectivity index (χ3v) is 22.2. The van der Waals surface area contributed by atoms with E-state index in [0.29, 0.717) is 51.2 Å². The lowest BCUT2D eigenvalue weighted by atomic mass is 10.0. The molecule has 6 heterocycles. The first-order valence-electron chi connectivity index (χ1n) is 42.1. The summed E-state index contributed by atoms with van der Waals surface area (Å²) in [5.41, 5.74) is 12.9. The number of carbonyl (C=O) groups excluding carboxylic acids is 4. The second-order valence-electron chi connectivity index (χ2n) is 30.1. The van der Waals surface area contributed by atoms with Crippen molar-refractivity contribution in [3.8, 4) is 62.8 Å². The van der Waals surface area contributed by atoms with Crippen LogP contribution in [0.25, 0.3) is 87.7 Å². The van der Waals surface area contributed by atoms with Gasteiger partial charge >= 0.3 is 0 Å². The maximum Gasteiger partial charge on any atom is 0.271 e. The van der Waals surface area contributed by atoms with Crippen LogP contribution in [0.15, 0.2) is 268 Å². The molecule has 17 rings (SSSR count). The van der Waals surface area contributed by atoms with Crippen molar-refractivity contribution < 1.29 is 67.3 Å². The Hall–Kier alpha value is -17.0. The molecule has 11 aromatic carbocycles. The van der Waals surface area contributed by atoms with Crippen LogP contribution in [-0.4, -0.2) is 113 Å². The predicted octanol–water partition coefficient (Wildman–Crippen LogP) is 22.9. The highest BCUT2D eigenvalue weighted by Crippen LogP contribution is 2.39. The number of benzene rings is 11. The molecule has 0 spiro atoms. The molecule has 30 nitrogen and oxygen atoms in total. The summed E-state index contributed by atoms with van der Waals surface area (Å²) in [6.07, 6.45) is 9.68. The molecule has 0 aliphatic rings. The van der Waals surface area contributed by atoms with Crippen molar-refractivity contribution in [2.24, 2.45) is 5.92 Å². The number of ether oxygens (including phenoxy) is 6. The first-order valence-corrected chi connectivity index (χ1v) is 42.1. The number of nitro benzene ring substituents is 4. The number of methoxy groups -OCH3 is 6. The lowest BCUT2D eigenvalue weighted by molar-refractivity contribution is -0.385. The van der Waals surface area contributed by atoms with Gasteiger partial charge in [-0.2, -0.15) is 5.26 Å². The van der Waals surface area contributed by atoms with Crippen molar-refractivity contribution in [2.75, 3.05) is 48.0 Å². The van der Waals surface area contributed by atoms with E-state index in [2.05, 4.69) is 62.5 Å². The first-order chi connectivity index (χ1) is 63.7. The maximum atomic E-state index is 12.9. The van der Waals surface area contributed by atoms with Crippen LogP contribution >= 0.6 is 0 Å². The number of Topliss-reactive ketones (excluding diaryl/α,β-unsaturated/α-hetero) is 1. The minimum Gasteiger partial charge on any atom is -0.497 e. The fourth-order valence-corrected chi connectivity index (χ4v) is 15.4. The Morgan fingerprint density at radius 2 is 0.803 bits per heavy atom. The van der Waals surface area contributed by atoms with E-state index in [1.165, 1.54) is 42.5 Å². The number of anilines is 1. The van der Waals surface area contributed by atoms with E-state index in [9.17, 15) is 64.9 Å². The van der Waals surface area contributed by atoms with Gasteiger partial charge in [0.25, 0.3) is 28.7 Å². The van der Waals surface area contributed by atoms with E-state index in [0.717, 1.165) is 138 Å². The molecular weight excluding hydrogens is 1680 g/mol. The van der Waals surface area contributed by atoms with Gasteiger partial charge in [-0.25, -0.2) is 0 Å². The summed E-state index contributed by atoms with van der Waals surface area (Å²) in [6, 6.07) is 70.6. The van der Waals surface area contributed by atoms with E-state index >= 15 is 0 Å². The molecule has 0 saturated heterocycles. The third kappa shape index (κ3) is 20.7. The van der Waals surface area contributed by atoms with Crippen molar-refractivity contribution in [3.63, 3.8) is 0 Å². The molecule has 0 atom stereocenters. The van der Waals surface area contributed by atoms with E-state index in [1.54, 1.807) is 96.6 Å². The summed E-state index contributed by atoms with van der Waals surface area (Å²) in [5, 5.41) is 61.1. The minimum atomic E-state index is -0.632. The molecule has 0 fully saturated rings. The maximum absolute atomic E-state index is 12.9. The number of aromatic amines is 1. The quantitative estimate of drug-likeness (QED) is 0.0305. The second kappa shape index (κ2) is 42.6. The Balaban J connectivity index is 0.000000144. The Morgan fingerprint density at radius 3 is 1.33 bits per heavy atom. The molecule has 132 heavy (non-hydrogen) atoms. The monoisotopic (exact) mass is 1780 g/mol. The molecule has 6 aromatic heterocycles. The van der Waals surface area contributed by atoms with Gasteiger partial charge in [0, 0.05) is 224 Å². The van der Waals surface area contributed by atoms with Crippen LogP contribution in [0.1, 0.15) is 107 Å². The van der Waals surface area contributed by atoms with Crippen LogP contribution in [0.2, 0.25) is 0 Å². The van der Waals surface area contributed by atoms with Crippen LogP contribution in [-0.2, 0) is 32.7 Å². The predicted molar refractivity (Wildman–Crippen MR) is 511 cm³/mol. The summed E-state index contributed by atoms with van der Waals surface area (Å²) in [6.45, 7) is 17.5. The topological polar surface area (TPSA) is 372 Å². The van der Waals surface area contributed by atoms with Gasteiger partial charge in [-0.3, -0.25) is 59.6 Å². The fraction of sp³-hybridized carbons (Fsp3) is 0.186. The average molecular weight is 1780 g/mol. The number of H-pyrrole nitrogens is 1. The fourth-order valence-electron chi connectivity index (χ4n) is 15.4. The number of nitrogens with zero attached hydrogens (tertiary/aromatic N) is 10. The minimum absolute atomic E-state index is 0.00809. The molecule has 0 bridgehead atoms. The number of hydrogen-bond donors (Lipinski definition) is 2. The van der Waals surface area contributed by atoms with Gasteiger partial charge in [0.15, 0.2) is 17.3 Å². The Bertz CT molecular complexity index is 7230. The van der Waals surface area contributed by atoms with Gasteiger partial charge in [0.2, 0.25) is 0 Å². The van der Waals surface area contributed by atoms with Crippen LogP contribution in [0, 0.1) is 57.7 Å². The van der Waals surface area contributed by atoms with Crippen LogP contribution < -0.4 is 33.7 Å². The molecule has 0 aliphatic carbocycles. The number of amides is 1. The normalized spacial score (nSPS) is 10.7. The smallest absolute Gasteiger partial charge is 0.271 e. The summed E-state index contributed by atoms with van der Waals surface area (Å²) < 4.78 is 41.3. The Kier molecular flexibility index (Phi) is 30.4. The zero-order valence-electron chi connectivity index (χ0n) is 74.8. The number of nitro groups is 4. The summed E-state index contributed by atoms with van der Waals surface area (Å²) in [4.78, 5) is 95.7. The lowest BCUT2D eigenvalue weighted by Gasteiger charge is -2.10. The van der Waals surface area contributed by atoms with E-state index in [4.69, 9.17) is 28.4 Å². The second-order valence-corrected chi connectivity index (χ2v) is 30.1. The molecule has 0 radical (unpaired) electrons. The van der Waals surface area contributed by atoms with Gasteiger partial charge in [-0.15, -0.1) is 0 Å². The third-order valence-electron chi connectivity index (χ3n) is 22.2. The molecule has 2 N–H and O–H groups in total. The molecule has 672 valence electrons. The molecule has 1 amide bonds. The zero-order chi connectivity index (χ0) is 94.7. The highest BCUT2D eigenvalue weighted by atomic mass is 16.6. The summed E-state index contributed by atoms with van der Waals surface area (Å²) >= 11 is 0. The molecule has 0 aliphatic heterocycles.